The highest BCUT2D eigenvalue weighted by molar-refractivity contribution is 5.98. The van der Waals surface area contributed by atoms with Crippen molar-refractivity contribution in [1.82, 2.24) is 19.1 Å². The minimum Gasteiger partial charge on any atom is -0.506 e. The number of nitrogens with zero attached hydrogens (tertiary/aromatic N) is 3. The summed E-state index contributed by atoms with van der Waals surface area (Å²) in [6, 6.07) is 10.7. The van der Waals surface area contributed by atoms with E-state index in [1.807, 2.05) is 24.3 Å². The van der Waals surface area contributed by atoms with Gasteiger partial charge >= 0.3 is 5.69 Å². The number of hydrogen-bond donors (Lipinski definition) is 5. The molecule has 3 heterocycles. The average molecular weight is 439 g/mol. The molecule has 5 N–H and O–H groups in total. The summed E-state index contributed by atoms with van der Waals surface area (Å²) in [6.07, 6.45) is -2.64. The lowest BCUT2D eigenvalue weighted by Crippen LogP contribution is -2.25. The van der Waals surface area contributed by atoms with Crippen molar-refractivity contribution in [3.8, 4) is 5.75 Å². The number of nitrogens with one attached hydrogen (secondary N) is 2. The zero-order chi connectivity index (χ0) is 22.6. The molecule has 11 nitrogen and oxygen atoms in total. The maximum Gasteiger partial charge on any atom is 0.329 e. The standard InChI is InChI=1S/C21H21N5O6/c1-25-19(30)17-18(26(21(31)23-17)15-8-13(29)14(9-27)32-15)24-20(25)22-16-11-5-3-2-4-10(11)6-7-12(16)28/h2-7,13-15,27-29H,8-9H2,1H3,(H,22,24)(H,23,31)/t13-,14+,15+/m0/s1. The predicted octanol–water partition coefficient (Wildman–Crippen LogP) is 0.666. The van der Waals surface area contributed by atoms with Crippen molar-refractivity contribution < 1.29 is 20.1 Å². The summed E-state index contributed by atoms with van der Waals surface area (Å²) in [5.41, 5.74) is -0.745. The van der Waals surface area contributed by atoms with Crippen molar-refractivity contribution >= 4 is 33.6 Å². The van der Waals surface area contributed by atoms with E-state index in [9.17, 15) is 24.9 Å². The highest BCUT2D eigenvalue weighted by atomic mass is 16.5. The highest BCUT2D eigenvalue weighted by Crippen LogP contribution is 2.34. The normalized spacial score (nSPS) is 20.9. The van der Waals surface area contributed by atoms with Crippen LogP contribution in [0.2, 0.25) is 0 Å². The molecule has 0 amide bonds. The number of fused-ring (bicyclic) bond motifs is 2. The lowest BCUT2D eigenvalue weighted by atomic mass is 10.1. The molecular formula is C21H21N5O6. The Morgan fingerprint density at radius 2 is 2.03 bits per heavy atom. The second-order valence-corrected chi connectivity index (χ2v) is 7.72. The largest absolute Gasteiger partial charge is 0.506 e. The van der Waals surface area contributed by atoms with E-state index in [1.165, 1.54) is 17.7 Å². The van der Waals surface area contributed by atoms with Crippen molar-refractivity contribution in [3.05, 3.63) is 57.2 Å². The Morgan fingerprint density at radius 1 is 1.25 bits per heavy atom. The first kappa shape index (κ1) is 20.2. The van der Waals surface area contributed by atoms with Gasteiger partial charge in [0.25, 0.3) is 5.56 Å². The fourth-order valence-corrected chi connectivity index (χ4v) is 4.06. The lowest BCUT2D eigenvalue weighted by molar-refractivity contribution is -0.0441. The van der Waals surface area contributed by atoms with Crippen molar-refractivity contribution in [2.24, 2.45) is 7.05 Å². The number of imidazole rings is 1. The zero-order valence-corrected chi connectivity index (χ0v) is 17.0. The number of rotatable bonds is 4. The quantitative estimate of drug-likeness (QED) is 0.291. The number of aromatic amines is 1. The molecule has 32 heavy (non-hydrogen) atoms. The van der Waals surface area contributed by atoms with Crippen LogP contribution in [0.25, 0.3) is 21.9 Å². The third kappa shape index (κ3) is 3.06. The third-order valence-electron chi connectivity index (χ3n) is 5.77. The first-order chi connectivity index (χ1) is 15.4. The molecule has 11 heteroatoms. The van der Waals surface area contributed by atoms with Crippen LogP contribution in [0.5, 0.6) is 5.75 Å². The van der Waals surface area contributed by atoms with Crippen LogP contribution in [0.4, 0.5) is 11.6 Å². The van der Waals surface area contributed by atoms with E-state index < -0.39 is 36.3 Å². The van der Waals surface area contributed by atoms with E-state index in [1.54, 1.807) is 6.07 Å². The summed E-state index contributed by atoms with van der Waals surface area (Å²) in [5, 5.41) is 34.5. The van der Waals surface area contributed by atoms with Crippen LogP contribution in [0, 0.1) is 0 Å². The van der Waals surface area contributed by atoms with E-state index in [2.05, 4.69) is 15.3 Å². The molecule has 0 unspecified atom stereocenters. The minimum atomic E-state index is -0.960. The Labute approximate surface area is 180 Å². The van der Waals surface area contributed by atoms with Crippen LogP contribution in [0.3, 0.4) is 0 Å². The first-order valence-electron chi connectivity index (χ1n) is 10.0. The van der Waals surface area contributed by atoms with Gasteiger partial charge in [-0.3, -0.25) is 14.3 Å². The van der Waals surface area contributed by atoms with E-state index in [0.29, 0.717) is 5.69 Å². The molecule has 4 aromatic rings. The molecule has 1 fully saturated rings. The summed E-state index contributed by atoms with van der Waals surface area (Å²) in [7, 11) is 1.49. The number of anilines is 2. The number of H-pyrrole nitrogens is 1. The van der Waals surface area contributed by atoms with Crippen molar-refractivity contribution in [3.63, 3.8) is 0 Å². The smallest absolute Gasteiger partial charge is 0.329 e. The maximum atomic E-state index is 13.0. The molecule has 0 saturated carbocycles. The molecular weight excluding hydrogens is 418 g/mol. The second-order valence-electron chi connectivity index (χ2n) is 7.72. The van der Waals surface area contributed by atoms with E-state index >= 15 is 0 Å². The Kier molecular flexibility index (Phi) is 4.73. The van der Waals surface area contributed by atoms with Gasteiger partial charge in [-0.05, 0) is 11.5 Å². The number of aromatic nitrogens is 4. The summed E-state index contributed by atoms with van der Waals surface area (Å²) >= 11 is 0. The number of ether oxygens (including phenoxy) is 1. The van der Waals surface area contributed by atoms with Crippen LogP contribution in [-0.4, -0.2) is 53.2 Å². The molecule has 2 aromatic carbocycles. The third-order valence-corrected chi connectivity index (χ3v) is 5.77. The summed E-state index contributed by atoms with van der Waals surface area (Å²) in [4.78, 5) is 32.6. The number of hydrogen-bond acceptors (Lipinski definition) is 8. The number of phenols is 1. The van der Waals surface area contributed by atoms with Crippen LogP contribution >= 0.6 is 0 Å². The van der Waals surface area contributed by atoms with Crippen LogP contribution in [0.15, 0.2) is 46.0 Å². The molecule has 0 radical (unpaired) electrons. The number of benzene rings is 2. The Balaban J connectivity index is 1.66. The number of aliphatic hydroxyl groups excluding tert-OH is 2. The van der Waals surface area contributed by atoms with Crippen LogP contribution in [-0.2, 0) is 11.8 Å². The lowest BCUT2D eigenvalue weighted by Gasteiger charge is -2.15. The SMILES string of the molecule is Cn1c(Nc2c(O)ccc3ccccc23)nc2c([nH]c(=O)n2[C@H]2C[C@H](O)[C@@H](CO)O2)c1=O. The second kappa shape index (κ2) is 7.48. The molecule has 1 aliphatic heterocycles. The predicted molar refractivity (Wildman–Crippen MR) is 116 cm³/mol. The monoisotopic (exact) mass is 439 g/mol. The van der Waals surface area contributed by atoms with Gasteiger partial charge in [0.15, 0.2) is 11.2 Å². The van der Waals surface area contributed by atoms with Gasteiger partial charge in [-0.2, -0.15) is 4.98 Å². The van der Waals surface area contributed by atoms with E-state index in [0.717, 1.165) is 15.3 Å². The Morgan fingerprint density at radius 3 is 2.78 bits per heavy atom. The molecule has 0 bridgehead atoms. The minimum absolute atomic E-state index is 0.0178. The van der Waals surface area contributed by atoms with Gasteiger partial charge in [-0.25, -0.2) is 9.36 Å². The molecule has 5 rings (SSSR count). The first-order valence-corrected chi connectivity index (χ1v) is 10.0. The van der Waals surface area contributed by atoms with Crippen molar-refractivity contribution in [2.45, 2.75) is 24.9 Å². The van der Waals surface area contributed by atoms with E-state index in [4.69, 9.17) is 4.74 Å². The van der Waals surface area contributed by atoms with Gasteiger partial charge < -0.3 is 25.4 Å². The Hall–Kier alpha value is -3.67. The zero-order valence-electron chi connectivity index (χ0n) is 17.0. The van der Waals surface area contributed by atoms with Crippen LogP contribution in [0.1, 0.15) is 12.6 Å². The van der Waals surface area contributed by atoms with Gasteiger partial charge in [0, 0.05) is 18.9 Å². The molecule has 3 atom stereocenters. The molecule has 0 spiro atoms. The molecule has 0 aliphatic carbocycles. The van der Waals surface area contributed by atoms with E-state index in [-0.39, 0.29) is 29.3 Å². The molecule has 166 valence electrons. The summed E-state index contributed by atoms with van der Waals surface area (Å²) in [6.45, 7) is -0.406. The number of phenolic OH excluding ortho intramolecular Hbond substituents is 1. The van der Waals surface area contributed by atoms with Gasteiger partial charge in [0.05, 0.1) is 18.4 Å². The molecule has 1 aliphatic rings. The van der Waals surface area contributed by atoms with Crippen molar-refractivity contribution in [2.75, 3.05) is 11.9 Å². The van der Waals surface area contributed by atoms with Gasteiger partial charge in [-0.15, -0.1) is 0 Å². The van der Waals surface area contributed by atoms with Gasteiger partial charge in [-0.1, -0.05) is 30.3 Å². The summed E-state index contributed by atoms with van der Waals surface area (Å²) in [5.74, 6) is 0.0664. The number of aromatic hydroxyl groups is 1. The van der Waals surface area contributed by atoms with Crippen LogP contribution < -0.4 is 16.6 Å². The number of aliphatic hydroxyl groups is 2. The van der Waals surface area contributed by atoms with Gasteiger partial charge in [0.1, 0.15) is 18.1 Å². The average Bonchev–Trinajstić information content (AvgIpc) is 3.32. The molecule has 1 saturated heterocycles. The topological polar surface area (TPSA) is 155 Å². The van der Waals surface area contributed by atoms with Gasteiger partial charge in [0.2, 0.25) is 5.95 Å². The fourth-order valence-electron chi connectivity index (χ4n) is 4.06. The molecule has 2 aromatic heterocycles. The fraction of sp³-hybridized carbons (Fsp3) is 0.286. The highest BCUT2D eigenvalue weighted by Gasteiger charge is 2.36. The summed E-state index contributed by atoms with van der Waals surface area (Å²) < 4.78 is 7.98. The maximum absolute atomic E-state index is 13.0. The van der Waals surface area contributed by atoms with Crippen molar-refractivity contribution in [1.29, 1.82) is 0 Å². The Bertz CT molecular complexity index is 1460.